The van der Waals surface area contributed by atoms with Crippen molar-refractivity contribution < 1.29 is 4.74 Å². The van der Waals surface area contributed by atoms with Crippen molar-refractivity contribution in [1.82, 2.24) is 4.90 Å². The van der Waals surface area contributed by atoms with Crippen LogP contribution in [0.1, 0.15) is 29.5 Å². The van der Waals surface area contributed by atoms with Gasteiger partial charge in [-0.1, -0.05) is 12.1 Å². The van der Waals surface area contributed by atoms with Crippen LogP contribution in [-0.2, 0) is 13.0 Å². The summed E-state index contributed by atoms with van der Waals surface area (Å²) in [4.78, 5) is 2.52. The number of hydrogen-bond donors (Lipinski definition) is 3. The van der Waals surface area contributed by atoms with Crippen LogP contribution in [0.4, 0.5) is 11.4 Å². The van der Waals surface area contributed by atoms with Crippen molar-refractivity contribution in [3.63, 3.8) is 0 Å². The molecule has 0 bridgehead atoms. The first-order chi connectivity index (χ1) is 12.7. The van der Waals surface area contributed by atoms with Gasteiger partial charge in [0.05, 0.1) is 6.61 Å². The third-order valence-corrected chi connectivity index (χ3v) is 5.28. The van der Waals surface area contributed by atoms with Gasteiger partial charge in [-0.3, -0.25) is 4.90 Å². The Morgan fingerprint density at radius 1 is 1.27 bits per heavy atom. The SMILES string of the molecule is N=Cc1cc(N[C@@H]2CCCN(Cc3ccc4c(c3)CCO4)C2)ccc1N. The van der Waals surface area contributed by atoms with E-state index in [0.717, 1.165) is 49.7 Å². The van der Waals surface area contributed by atoms with Gasteiger partial charge in [0.25, 0.3) is 0 Å². The maximum absolute atomic E-state index is 7.46. The van der Waals surface area contributed by atoms with E-state index in [4.69, 9.17) is 15.9 Å². The summed E-state index contributed by atoms with van der Waals surface area (Å²) in [5.41, 5.74) is 11.1. The molecule has 0 radical (unpaired) electrons. The molecule has 2 heterocycles. The molecule has 5 nitrogen and oxygen atoms in total. The second kappa shape index (κ2) is 7.38. The molecule has 1 fully saturated rings. The molecule has 1 saturated heterocycles. The Hall–Kier alpha value is -2.53. The summed E-state index contributed by atoms with van der Waals surface area (Å²) < 4.78 is 5.61. The maximum Gasteiger partial charge on any atom is 0.122 e. The Morgan fingerprint density at radius 2 is 2.19 bits per heavy atom. The van der Waals surface area contributed by atoms with Crippen LogP contribution in [0, 0.1) is 5.41 Å². The van der Waals surface area contributed by atoms with Crippen LogP contribution in [0.15, 0.2) is 36.4 Å². The minimum Gasteiger partial charge on any atom is -0.493 e. The van der Waals surface area contributed by atoms with Crippen molar-refractivity contribution >= 4 is 17.6 Å². The molecule has 4 N–H and O–H groups in total. The smallest absolute Gasteiger partial charge is 0.122 e. The van der Waals surface area contributed by atoms with Crippen LogP contribution in [-0.4, -0.2) is 36.9 Å². The molecule has 136 valence electrons. The molecule has 5 heteroatoms. The fraction of sp³-hybridized carbons (Fsp3) is 0.381. The molecule has 2 aliphatic rings. The Bertz CT molecular complexity index is 805. The quantitative estimate of drug-likeness (QED) is 0.571. The third-order valence-electron chi connectivity index (χ3n) is 5.28. The van der Waals surface area contributed by atoms with Gasteiger partial charge in [0.1, 0.15) is 5.75 Å². The lowest BCUT2D eigenvalue weighted by molar-refractivity contribution is 0.208. The molecule has 0 aliphatic carbocycles. The number of nitrogens with zero attached hydrogens (tertiary/aromatic N) is 1. The van der Waals surface area contributed by atoms with E-state index in [9.17, 15) is 0 Å². The fourth-order valence-electron chi connectivity index (χ4n) is 3.94. The van der Waals surface area contributed by atoms with Gasteiger partial charge in [-0.25, -0.2) is 0 Å². The highest BCUT2D eigenvalue weighted by molar-refractivity contribution is 5.86. The summed E-state index contributed by atoms with van der Waals surface area (Å²) >= 11 is 0. The highest BCUT2D eigenvalue weighted by Gasteiger charge is 2.21. The average Bonchev–Trinajstić information content (AvgIpc) is 3.11. The Labute approximate surface area is 154 Å². The van der Waals surface area contributed by atoms with Gasteiger partial charge in [0, 0.05) is 48.7 Å². The number of rotatable bonds is 5. The van der Waals surface area contributed by atoms with Crippen molar-refractivity contribution in [2.45, 2.75) is 31.8 Å². The van der Waals surface area contributed by atoms with Crippen LogP contribution in [0.25, 0.3) is 0 Å². The van der Waals surface area contributed by atoms with E-state index >= 15 is 0 Å². The molecule has 0 amide bonds. The number of likely N-dealkylation sites (tertiary alicyclic amines) is 1. The second-order valence-electron chi connectivity index (χ2n) is 7.25. The lowest BCUT2D eigenvalue weighted by Crippen LogP contribution is -2.41. The predicted octanol–water partition coefficient (Wildman–Crippen LogP) is 3.28. The number of nitrogens with two attached hydrogens (primary N) is 1. The van der Waals surface area contributed by atoms with E-state index in [-0.39, 0.29) is 0 Å². The van der Waals surface area contributed by atoms with Gasteiger partial charge in [-0.15, -0.1) is 0 Å². The lowest BCUT2D eigenvalue weighted by Gasteiger charge is -2.34. The zero-order valence-corrected chi connectivity index (χ0v) is 15.0. The van der Waals surface area contributed by atoms with E-state index < -0.39 is 0 Å². The van der Waals surface area contributed by atoms with Gasteiger partial charge < -0.3 is 21.2 Å². The van der Waals surface area contributed by atoms with Gasteiger partial charge in [0.2, 0.25) is 0 Å². The molecule has 0 saturated carbocycles. The Balaban J connectivity index is 1.39. The molecule has 0 unspecified atom stereocenters. The third kappa shape index (κ3) is 3.68. The Morgan fingerprint density at radius 3 is 3.08 bits per heavy atom. The molecule has 0 spiro atoms. The number of nitrogen functional groups attached to an aromatic ring is 1. The van der Waals surface area contributed by atoms with Crippen LogP contribution in [0.5, 0.6) is 5.75 Å². The summed E-state index contributed by atoms with van der Waals surface area (Å²) in [6.45, 7) is 3.96. The fourth-order valence-corrected chi connectivity index (χ4v) is 3.94. The summed E-state index contributed by atoms with van der Waals surface area (Å²) in [6, 6.07) is 12.9. The molecule has 4 rings (SSSR count). The van der Waals surface area contributed by atoms with E-state index in [0.29, 0.717) is 11.7 Å². The van der Waals surface area contributed by atoms with Crippen LogP contribution < -0.4 is 15.8 Å². The van der Waals surface area contributed by atoms with Crippen molar-refractivity contribution in [1.29, 1.82) is 5.41 Å². The number of benzene rings is 2. The molecule has 0 aromatic heterocycles. The van der Waals surface area contributed by atoms with E-state index in [1.165, 1.54) is 30.2 Å². The molecule has 2 aromatic carbocycles. The topological polar surface area (TPSA) is 74.4 Å². The number of nitrogens with one attached hydrogen (secondary N) is 2. The maximum atomic E-state index is 7.46. The predicted molar refractivity (Wildman–Crippen MR) is 106 cm³/mol. The molecular weight excluding hydrogens is 324 g/mol. The largest absolute Gasteiger partial charge is 0.493 e. The normalized spacial score (nSPS) is 19.6. The first-order valence-electron chi connectivity index (χ1n) is 9.35. The molecule has 26 heavy (non-hydrogen) atoms. The summed E-state index contributed by atoms with van der Waals surface area (Å²) in [5.74, 6) is 1.05. The lowest BCUT2D eigenvalue weighted by atomic mass is 10.0. The zero-order chi connectivity index (χ0) is 17.9. The standard InChI is InChI=1S/C21H26N4O/c22-12-17-11-18(4-5-20(17)23)24-19-2-1-8-25(14-19)13-15-3-6-21-16(10-15)7-9-26-21/h3-6,10-12,19,22,24H,1-2,7-9,13-14,23H2/t19-/m1/s1. The highest BCUT2D eigenvalue weighted by Crippen LogP contribution is 2.27. The highest BCUT2D eigenvalue weighted by atomic mass is 16.5. The summed E-state index contributed by atoms with van der Waals surface area (Å²) in [5, 5.41) is 11.1. The molecule has 2 aromatic rings. The van der Waals surface area contributed by atoms with Crippen molar-refractivity contribution in [2.75, 3.05) is 30.7 Å². The molecular formula is C21H26N4O. The number of fused-ring (bicyclic) bond motifs is 1. The van der Waals surface area contributed by atoms with E-state index in [1.807, 2.05) is 18.2 Å². The summed E-state index contributed by atoms with van der Waals surface area (Å²) in [6.07, 6.45) is 4.70. The Kier molecular flexibility index (Phi) is 4.80. The monoisotopic (exact) mass is 350 g/mol. The van der Waals surface area contributed by atoms with Crippen LogP contribution in [0.2, 0.25) is 0 Å². The number of hydrogen-bond acceptors (Lipinski definition) is 5. The zero-order valence-electron chi connectivity index (χ0n) is 15.0. The minimum atomic E-state index is 0.420. The summed E-state index contributed by atoms with van der Waals surface area (Å²) in [7, 11) is 0. The van der Waals surface area contributed by atoms with Gasteiger partial charge in [-0.2, -0.15) is 0 Å². The van der Waals surface area contributed by atoms with Crippen LogP contribution in [0.3, 0.4) is 0 Å². The second-order valence-corrected chi connectivity index (χ2v) is 7.25. The molecule has 2 aliphatic heterocycles. The van der Waals surface area contributed by atoms with Crippen LogP contribution >= 0.6 is 0 Å². The molecule has 1 atom stereocenters. The van der Waals surface area contributed by atoms with Gasteiger partial charge in [0.15, 0.2) is 0 Å². The number of anilines is 2. The number of piperidine rings is 1. The number of ether oxygens (including phenoxy) is 1. The van der Waals surface area contributed by atoms with Crippen molar-refractivity contribution in [3.05, 3.63) is 53.1 Å². The first kappa shape index (κ1) is 16.9. The first-order valence-corrected chi connectivity index (χ1v) is 9.35. The minimum absolute atomic E-state index is 0.420. The van der Waals surface area contributed by atoms with Crippen molar-refractivity contribution in [3.8, 4) is 5.75 Å². The van der Waals surface area contributed by atoms with Crippen molar-refractivity contribution in [2.24, 2.45) is 0 Å². The van der Waals surface area contributed by atoms with E-state index in [2.05, 4.69) is 28.4 Å². The average molecular weight is 350 g/mol. The van der Waals surface area contributed by atoms with Gasteiger partial charge in [-0.05, 0) is 54.8 Å². The van der Waals surface area contributed by atoms with Gasteiger partial charge >= 0.3 is 0 Å². The van der Waals surface area contributed by atoms with E-state index in [1.54, 1.807) is 0 Å².